The zero-order valence-electron chi connectivity index (χ0n) is 9.81. The Balaban J connectivity index is 1.96. The third-order valence-electron chi connectivity index (χ3n) is 2.89. The summed E-state index contributed by atoms with van der Waals surface area (Å²) in [6.07, 6.45) is 3.65. The molecule has 0 saturated heterocycles. The number of aromatic amines is 1. The average Bonchev–Trinajstić information content (AvgIpc) is 3.16. The van der Waals surface area contributed by atoms with Crippen molar-refractivity contribution in [2.24, 2.45) is 5.10 Å². The fourth-order valence-corrected chi connectivity index (χ4v) is 2.32. The SMILES string of the molecule is Fc1ccc(Br)cc1/C=N\n1c(C2CC2)n[nH]c1=S. The molecule has 4 nitrogen and oxygen atoms in total. The standard InChI is InChI=1S/C12H10BrFN4S/c13-9-3-4-10(14)8(5-9)6-15-18-11(7-1-2-7)16-17-12(18)19/h3-7H,1-2H2,(H,17,19)/b15-6-. The van der Waals surface area contributed by atoms with Gasteiger partial charge in [0.15, 0.2) is 5.82 Å². The molecular weight excluding hydrogens is 331 g/mol. The molecule has 1 heterocycles. The Hall–Kier alpha value is -1.34. The van der Waals surface area contributed by atoms with Crippen LogP contribution in [0.25, 0.3) is 0 Å². The molecule has 0 unspecified atom stereocenters. The second kappa shape index (κ2) is 4.97. The van der Waals surface area contributed by atoms with Crippen molar-refractivity contribution in [2.75, 3.05) is 0 Å². The van der Waals surface area contributed by atoms with Gasteiger partial charge in [-0.2, -0.15) is 14.9 Å². The second-order valence-corrected chi connectivity index (χ2v) is 5.69. The molecule has 19 heavy (non-hydrogen) atoms. The van der Waals surface area contributed by atoms with E-state index in [1.807, 2.05) is 0 Å². The predicted octanol–water partition coefficient (Wildman–Crippen LogP) is 3.60. The number of aromatic nitrogens is 3. The Morgan fingerprint density at radius 1 is 1.53 bits per heavy atom. The van der Waals surface area contributed by atoms with E-state index < -0.39 is 0 Å². The lowest BCUT2D eigenvalue weighted by molar-refractivity contribution is 0.625. The van der Waals surface area contributed by atoms with Crippen molar-refractivity contribution < 1.29 is 4.39 Å². The average molecular weight is 341 g/mol. The van der Waals surface area contributed by atoms with Crippen LogP contribution in [0.5, 0.6) is 0 Å². The van der Waals surface area contributed by atoms with Gasteiger partial charge in [0.05, 0.1) is 6.21 Å². The van der Waals surface area contributed by atoms with Crippen LogP contribution in [0, 0.1) is 10.6 Å². The summed E-state index contributed by atoms with van der Waals surface area (Å²) in [5.74, 6) is 0.907. The van der Waals surface area contributed by atoms with Crippen molar-refractivity contribution in [3.63, 3.8) is 0 Å². The maximum Gasteiger partial charge on any atom is 0.216 e. The number of hydrogen-bond acceptors (Lipinski definition) is 3. The van der Waals surface area contributed by atoms with E-state index in [-0.39, 0.29) is 5.82 Å². The lowest BCUT2D eigenvalue weighted by atomic mass is 10.2. The number of benzene rings is 1. The van der Waals surface area contributed by atoms with Crippen molar-refractivity contribution in [3.8, 4) is 0 Å². The van der Waals surface area contributed by atoms with Crippen molar-refractivity contribution in [1.29, 1.82) is 0 Å². The maximum atomic E-state index is 13.6. The van der Waals surface area contributed by atoms with Crippen molar-refractivity contribution in [1.82, 2.24) is 14.9 Å². The molecule has 1 aliphatic rings. The largest absolute Gasteiger partial charge is 0.250 e. The van der Waals surface area contributed by atoms with Crippen LogP contribution in [0.2, 0.25) is 0 Å². The Morgan fingerprint density at radius 2 is 2.32 bits per heavy atom. The van der Waals surface area contributed by atoms with Gasteiger partial charge >= 0.3 is 0 Å². The summed E-state index contributed by atoms with van der Waals surface area (Å²) in [5.41, 5.74) is 0.402. The van der Waals surface area contributed by atoms with Crippen LogP contribution >= 0.6 is 28.1 Å². The molecule has 0 bridgehead atoms. The van der Waals surface area contributed by atoms with E-state index in [1.165, 1.54) is 12.3 Å². The predicted molar refractivity (Wildman–Crippen MR) is 76.5 cm³/mol. The molecule has 1 aromatic carbocycles. The van der Waals surface area contributed by atoms with Gasteiger partial charge in [-0.1, -0.05) is 15.9 Å². The molecule has 7 heteroatoms. The van der Waals surface area contributed by atoms with Crippen LogP contribution in [0.1, 0.15) is 30.1 Å². The molecule has 1 aromatic heterocycles. The van der Waals surface area contributed by atoms with Gasteiger partial charge in [0.25, 0.3) is 0 Å². The topological polar surface area (TPSA) is 46.0 Å². The van der Waals surface area contributed by atoms with E-state index in [4.69, 9.17) is 12.2 Å². The van der Waals surface area contributed by atoms with Gasteiger partial charge in [-0.25, -0.2) is 4.39 Å². The van der Waals surface area contributed by atoms with Crippen molar-refractivity contribution >= 4 is 34.4 Å². The molecular formula is C12H10BrFN4S. The molecule has 1 saturated carbocycles. The van der Waals surface area contributed by atoms with Gasteiger partial charge in [0.2, 0.25) is 4.77 Å². The minimum atomic E-state index is -0.324. The molecule has 1 fully saturated rings. The fraction of sp³-hybridized carbons (Fsp3) is 0.250. The van der Waals surface area contributed by atoms with E-state index in [0.717, 1.165) is 23.1 Å². The monoisotopic (exact) mass is 340 g/mol. The van der Waals surface area contributed by atoms with E-state index in [1.54, 1.807) is 16.8 Å². The highest BCUT2D eigenvalue weighted by molar-refractivity contribution is 9.10. The lowest BCUT2D eigenvalue weighted by Crippen LogP contribution is -1.98. The minimum Gasteiger partial charge on any atom is -0.250 e. The van der Waals surface area contributed by atoms with Crippen LogP contribution < -0.4 is 0 Å². The van der Waals surface area contributed by atoms with Gasteiger partial charge in [-0.3, -0.25) is 5.10 Å². The Bertz CT molecular complexity index is 702. The highest BCUT2D eigenvalue weighted by Gasteiger charge is 2.29. The number of nitrogens with one attached hydrogen (secondary N) is 1. The summed E-state index contributed by atoms with van der Waals surface area (Å²) in [5, 5.41) is 11.1. The number of H-pyrrole nitrogens is 1. The lowest BCUT2D eigenvalue weighted by Gasteiger charge is -1.99. The molecule has 0 radical (unpaired) electrons. The number of rotatable bonds is 3. The van der Waals surface area contributed by atoms with Crippen LogP contribution in [-0.4, -0.2) is 21.1 Å². The summed E-state index contributed by atoms with van der Waals surface area (Å²) < 4.78 is 16.4. The Morgan fingerprint density at radius 3 is 3.05 bits per heavy atom. The third kappa shape index (κ3) is 2.66. The molecule has 1 aliphatic carbocycles. The van der Waals surface area contributed by atoms with Crippen LogP contribution in [0.4, 0.5) is 4.39 Å². The number of hydrogen-bond donors (Lipinski definition) is 1. The summed E-state index contributed by atoms with van der Waals surface area (Å²) in [6.45, 7) is 0. The normalized spacial score (nSPS) is 15.3. The number of halogens is 2. The van der Waals surface area contributed by atoms with E-state index >= 15 is 0 Å². The van der Waals surface area contributed by atoms with Crippen molar-refractivity contribution in [2.45, 2.75) is 18.8 Å². The van der Waals surface area contributed by atoms with Gasteiger partial charge in [0, 0.05) is 16.0 Å². The summed E-state index contributed by atoms with van der Waals surface area (Å²) in [4.78, 5) is 0. The fourth-order valence-electron chi connectivity index (χ4n) is 1.75. The first-order valence-electron chi connectivity index (χ1n) is 5.82. The van der Waals surface area contributed by atoms with Crippen LogP contribution in [0.3, 0.4) is 0 Å². The summed E-state index contributed by atoms with van der Waals surface area (Å²) in [6, 6.07) is 4.70. The smallest absolute Gasteiger partial charge is 0.216 e. The van der Waals surface area contributed by atoms with Gasteiger partial charge in [-0.15, -0.1) is 0 Å². The number of nitrogens with zero attached hydrogens (tertiary/aromatic N) is 3. The van der Waals surface area contributed by atoms with Crippen molar-refractivity contribution in [3.05, 3.63) is 44.6 Å². The zero-order chi connectivity index (χ0) is 13.4. The van der Waals surface area contributed by atoms with Crippen LogP contribution in [0.15, 0.2) is 27.8 Å². The van der Waals surface area contributed by atoms with Gasteiger partial charge < -0.3 is 0 Å². The zero-order valence-corrected chi connectivity index (χ0v) is 12.2. The molecule has 98 valence electrons. The molecule has 2 aromatic rings. The van der Waals surface area contributed by atoms with E-state index in [0.29, 0.717) is 16.3 Å². The maximum absolute atomic E-state index is 13.6. The molecule has 0 amide bonds. The molecule has 0 aliphatic heterocycles. The summed E-state index contributed by atoms with van der Waals surface area (Å²) in [7, 11) is 0. The first kappa shape index (κ1) is 12.7. The highest BCUT2D eigenvalue weighted by atomic mass is 79.9. The Kier molecular flexibility index (Phi) is 3.32. The first-order valence-corrected chi connectivity index (χ1v) is 7.02. The molecule has 0 atom stereocenters. The third-order valence-corrected chi connectivity index (χ3v) is 3.65. The first-order chi connectivity index (χ1) is 9.15. The van der Waals surface area contributed by atoms with E-state index in [9.17, 15) is 4.39 Å². The summed E-state index contributed by atoms with van der Waals surface area (Å²) >= 11 is 8.43. The molecule has 0 spiro atoms. The minimum absolute atomic E-state index is 0.324. The van der Waals surface area contributed by atoms with Gasteiger partial charge in [0.1, 0.15) is 5.82 Å². The highest BCUT2D eigenvalue weighted by Crippen LogP contribution is 2.38. The second-order valence-electron chi connectivity index (χ2n) is 4.38. The van der Waals surface area contributed by atoms with Gasteiger partial charge in [-0.05, 0) is 43.3 Å². The van der Waals surface area contributed by atoms with E-state index in [2.05, 4.69) is 31.2 Å². The quantitative estimate of drug-likeness (QED) is 0.685. The van der Waals surface area contributed by atoms with Crippen LogP contribution in [-0.2, 0) is 0 Å². The Labute approximate surface area is 122 Å². The molecule has 3 rings (SSSR count). The molecule has 1 N–H and O–H groups in total.